The Kier molecular flexibility index (Phi) is 6.39. The number of hydrogen-bond donors (Lipinski definition) is 0. The highest BCUT2D eigenvalue weighted by Crippen LogP contribution is 2.31. The van der Waals surface area contributed by atoms with Crippen LogP contribution in [0.25, 0.3) is 11.4 Å². The topological polar surface area (TPSA) is 79.5 Å². The summed E-state index contributed by atoms with van der Waals surface area (Å²) in [6.07, 6.45) is -3.66. The van der Waals surface area contributed by atoms with Crippen molar-refractivity contribution < 1.29 is 26.1 Å². The Balaban J connectivity index is 1.38. The molecule has 0 bridgehead atoms. The quantitative estimate of drug-likeness (QED) is 0.526. The molecule has 12 heteroatoms. The lowest BCUT2D eigenvalue weighted by molar-refractivity contribution is -0.137. The average molecular weight is 487 g/mol. The summed E-state index contributed by atoms with van der Waals surface area (Å²) in [5, 5.41) is 3.79. The van der Waals surface area contributed by atoms with Gasteiger partial charge < -0.3 is 4.52 Å². The van der Waals surface area contributed by atoms with Crippen molar-refractivity contribution in [3.63, 3.8) is 0 Å². The van der Waals surface area contributed by atoms with Crippen LogP contribution in [0.3, 0.4) is 0 Å². The Hall–Kier alpha value is -2.28. The van der Waals surface area contributed by atoms with Gasteiger partial charge in [-0.15, -0.1) is 11.3 Å². The molecule has 1 fully saturated rings. The molecule has 1 aliphatic rings. The average Bonchev–Trinajstić information content (AvgIpc) is 3.44. The number of alkyl halides is 3. The van der Waals surface area contributed by atoms with Crippen LogP contribution in [-0.4, -0.2) is 53.9 Å². The van der Waals surface area contributed by atoms with Crippen LogP contribution in [-0.2, 0) is 29.2 Å². The van der Waals surface area contributed by atoms with Crippen molar-refractivity contribution in [2.45, 2.75) is 30.3 Å². The van der Waals surface area contributed by atoms with E-state index in [0.717, 1.165) is 23.4 Å². The van der Waals surface area contributed by atoms with Crippen molar-refractivity contribution in [1.29, 1.82) is 0 Å². The maximum Gasteiger partial charge on any atom is 0.416 e. The molecule has 32 heavy (non-hydrogen) atoms. The number of nitrogens with zero attached hydrogens (tertiary/aromatic N) is 4. The highest BCUT2D eigenvalue weighted by Gasteiger charge is 2.32. The fourth-order valence-corrected chi connectivity index (χ4v) is 6.28. The van der Waals surface area contributed by atoms with Gasteiger partial charge in [0.05, 0.1) is 12.1 Å². The van der Waals surface area contributed by atoms with Crippen LogP contribution in [0.4, 0.5) is 13.2 Å². The van der Waals surface area contributed by atoms with Gasteiger partial charge in [-0.1, -0.05) is 24.2 Å². The fourth-order valence-electron chi connectivity index (χ4n) is 3.40. The number of aryl methyl sites for hydroxylation is 1. The number of sulfonamides is 1. The van der Waals surface area contributed by atoms with E-state index >= 15 is 0 Å². The number of aromatic nitrogens is 2. The predicted octanol–water partition coefficient (Wildman–Crippen LogP) is 3.89. The lowest BCUT2D eigenvalue weighted by Crippen LogP contribution is -2.48. The molecule has 0 spiro atoms. The van der Waals surface area contributed by atoms with Crippen molar-refractivity contribution in [2.24, 2.45) is 0 Å². The second-order valence-corrected chi connectivity index (χ2v) is 10.7. The highest BCUT2D eigenvalue weighted by atomic mass is 32.2. The largest absolute Gasteiger partial charge is 0.416 e. The number of halogens is 3. The van der Waals surface area contributed by atoms with E-state index in [1.807, 2.05) is 17.9 Å². The zero-order valence-corrected chi connectivity index (χ0v) is 18.8. The van der Waals surface area contributed by atoms with Gasteiger partial charge in [-0.05, 0) is 30.7 Å². The van der Waals surface area contributed by atoms with Gasteiger partial charge in [0.2, 0.25) is 11.7 Å². The van der Waals surface area contributed by atoms with Gasteiger partial charge in [0, 0.05) is 36.6 Å². The molecule has 1 aliphatic heterocycles. The van der Waals surface area contributed by atoms with Crippen LogP contribution >= 0.6 is 11.3 Å². The van der Waals surface area contributed by atoms with Crippen LogP contribution in [0.2, 0.25) is 0 Å². The molecule has 3 aromatic rings. The van der Waals surface area contributed by atoms with Gasteiger partial charge in [0.1, 0.15) is 4.21 Å². The summed E-state index contributed by atoms with van der Waals surface area (Å²) in [6.45, 7) is 3.89. The van der Waals surface area contributed by atoms with Crippen molar-refractivity contribution in [1.82, 2.24) is 19.3 Å². The van der Waals surface area contributed by atoms with Crippen molar-refractivity contribution in [3.05, 3.63) is 52.7 Å². The third-order valence-electron chi connectivity index (χ3n) is 5.19. The van der Waals surface area contributed by atoms with Crippen LogP contribution < -0.4 is 0 Å². The second-order valence-electron chi connectivity index (χ2n) is 7.34. The SMILES string of the molecule is CCc1ccc(S(=O)(=O)N2CCN(Cc3nc(-c4cccc(C(F)(F)F)c4)no3)CC2)s1. The lowest BCUT2D eigenvalue weighted by Gasteiger charge is -2.32. The van der Waals surface area contributed by atoms with E-state index in [2.05, 4.69) is 10.1 Å². The summed E-state index contributed by atoms with van der Waals surface area (Å²) < 4.78 is 71.5. The number of rotatable bonds is 6. The monoisotopic (exact) mass is 486 g/mol. The fraction of sp³-hybridized carbons (Fsp3) is 0.400. The highest BCUT2D eigenvalue weighted by molar-refractivity contribution is 7.91. The number of benzene rings is 1. The van der Waals surface area contributed by atoms with E-state index in [-0.39, 0.29) is 17.3 Å². The molecule has 0 aliphatic carbocycles. The molecule has 0 atom stereocenters. The summed E-state index contributed by atoms with van der Waals surface area (Å²) >= 11 is 1.29. The molecule has 1 aromatic carbocycles. The molecule has 0 N–H and O–H groups in total. The molecule has 0 unspecified atom stereocenters. The van der Waals surface area contributed by atoms with Gasteiger partial charge >= 0.3 is 6.18 Å². The molecule has 3 heterocycles. The Labute approximate surface area is 187 Å². The van der Waals surface area contributed by atoms with Crippen LogP contribution in [0.1, 0.15) is 23.3 Å². The summed E-state index contributed by atoms with van der Waals surface area (Å²) in [5.74, 6) is 0.344. The predicted molar refractivity (Wildman–Crippen MR) is 112 cm³/mol. The molecule has 0 radical (unpaired) electrons. The lowest BCUT2D eigenvalue weighted by atomic mass is 10.1. The first-order valence-corrected chi connectivity index (χ1v) is 12.2. The first kappa shape index (κ1) is 22.9. The van der Waals surface area contributed by atoms with Gasteiger partial charge in [0.15, 0.2) is 0 Å². The molecular formula is C20H21F3N4O3S2. The number of hydrogen-bond acceptors (Lipinski definition) is 7. The van der Waals surface area contributed by atoms with Crippen molar-refractivity contribution >= 4 is 21.4 Å². The maximum absolute atomic E-state index is 12.9. The number of piperazine rings is 1. The summed E-state index contributed by atoms with van der Waals surface area (Å²) in [4.78, 5) is 7.21. The second kappa shape index (κ2) is 8.93. The minimum atomic E-state index is -4.45. The first-order chi connectivity index (χ1) is 15.2. The molecule has 0 saturated carbocycles. The van der Waals surface area contributed by atoms with Crippen LogP contribution in [0.15, 0.2) is 45.1 Å². The van der Waals surface area contributed by atoms with E-state index in [9.17, 15) is 21.6 Å². The Morgan fingerprint density at radius 3 is 2.53 bits per heavy atom. The third kappa shape index (κ3) is 4.87. The molecule has 1 saturated heterocycles. The molecule has 0 amide bonds. The first-order valence-electron chi connectivity index (χ1n) is 9.98. The van der Waals surface area contributed by atoms with E-state index in [4.69, 9.17) is 4.52 Å². The standard InChI is InChI=1S/C20H21F3N4O3S2/c1-2-16-6-7-18(31-16)32(28,29)27-10-8-26(9-11-27)13-17-24-19(25-30-17)14-4-3-5-15(12-14)20(21,22)23/h3-7,12H,2,8-11,13H2,1H3. The van der Waals surface area contributed by atoms with E-state index < -0.39 is 21.8 Å². The van der Waals surface area contributed by atoms with Gasteiger partial charge in [0.25, 0.3) is 10.0 Å². The van der Waals surface area contributed by atoms with Crippen LogP contribution in [0, 0.1) is 0 Å². The van der Waals surface area contributed by atoms with Gasteiger partial charge in [-0.3, -0.25) is 4.90 Å². The van der Waals surface area contributed by atoms with E-state index in [0.29, 0.717) is 36.9 Å². The number of thiophene rings is 1. The smallest absolute Gasteiger partial charge is 0.338 e. The molecule has 2 aromatic heterocycles. The van der Waals surface area contributed by atoms with Gasteiger partial charge in [-0.25, -0.2) is 8.42 Å². The normalized spacial score (nSPS) is 16.5. The molecule has 4 rings (SSSR count). The Morgan fingerprint density at radius 1 is 1.12 bits per heavy atom. The summed E-state index contributed by atoms with van der Waals surface area (Å²) in [6, 6.07) is 8.24. The van der Waals surface area contributed by atoms with Gasteiger partial charge in [-0.2, -0.15) is 22.5 Å². The molecule has 172 valence electrons. The van der Waals surface area contributed by atoms with E-state index in [1.165, 1.54) is 27.8 Å². The minimum Gasteiger partial charge on any atom is -0.338 e. The minimum absolute atomic E-state index is 0.0803. The maximum atomic E-state index is 12.9. The van der Waals surface area contributed by atoms with Crippen molar-refractivity contribution in [2.75, 3.05) is 26.2 Å². The third-order valence-corrected chi connectivity index (χ3v) is 8.78. The molecule has 7 nitrogen and oxygen atoms in total. The van der Waals surface area contributed by atoms with E-state index in [1.54, 1.807) is 6.07 Å². The Morgan fingerprint density at radius 2 is 1.88 bits per heavy atom. The zero-order valence-electron chi connectivity index (χ0n) is 17.2. The van der Waals surface area contributed by atoms with Crippen molar-refractivity contribution in [3.8, 4) is 11.4 Å². The zero-order chi connectivity index (χ0) is 22.9. The molecular weight excluding hydrogens is 465 g/mol. The Bertz CT molecular complexity index is 1180. The summed E-state index contributed by atoms with van der Waals surface area (Å²) in [5.41, 5.74) is -0.566. The summed E-state index contributed by atoms with van der Waals surface area (Å²) in [7, 11) is -3.51. The van der Waals surface area contributed by atoms with Crippen LogP contribution in [0.5, 0.6) is 0 Å².